The van der Waals surface area contributed by atoms with Crippen molar-refractivity contribution >= 4 is 39.1 Å². The van der Waals surface area contributed by atoms with Crippen LogP contribution in [0.15, 0.2) is 78.9 Å². The van der Waals surface area contributed by atoms with Crippen molar-refractivity contribution < 1.29 is 22.7 Å². The number of hydrogen-bond donors (Lipinski definition) is 1. The maximum atomic E-state index is 14.1. The molecule has 8 nitrogen and oxygen atoms in total. The van der Waals surface area contributed by atoms with Crippen LogP contribution in [-0.4, -0.2) is 57.1 Å². The largest absolute Gasteiger partial charge is 0.497 e. The molecule has 2 amide bonds. The van der Waals surface area contributed by atoms with Crippen molar-refractivity contribution in [1.29, 1.82) is 0 Å². The first kappa shape index (κ1) is 30.4. The average Bonchev–Trinajstić information content (AvgIpc) is 3.46. The Morgan fingerprint density at radius 2 is 1.63 bits per heavy atom. The van der Waals surface area contributed by atoms with E-state index in [1.54, 1.807) is 42.5 Å². The van der Waals surface area contributed by atoms with Gasteiger partial charge in [0.2, 0.25) is 21.8 Å². The first-order valence-corrected chi connectivity index (χ1v) is 15.9. The van der Waals surface area contributed by atoms with Crippen LogP contribution in [0.4, 0.5) is 5.69 Å². The lowest BCUT2D eigenvalue weighted by atomic mass is 10.0. The fourth-order valence-corrected chi connectivity index (χ4v) is 6.18. The summed E-state index contributed by atoms with van der Waals surface area (Å²) in [5.41, 5.74) is 1.94. The Morgan fingerprint density at radius 1 is 0.976 bits per heavy atom. The molecule has 0 bridgehead atoms. The minimum Gasteiger partial charge on any atom is -0.497 e. The number of anilines is 1. The Hall–Kier alpha value is -3.56. The van der Waals surface area contributed by atoms with Crippen molar-refractivity contribution in [3.8, 4) is 5.75 Å². The maximum Gasteiger partial charge on any atom is 0.244 e. The van der Waals surface area contributed by atoms with Gasteiger partial charge in [-0.1, -0.05) is 66.9 Å². The number of rotatable bonds is 12. The SMILES string of the molecule is COc1ccc(N(CC(=O)N(Cc2cccc(Cl)c2)[C@@H](Cc2ccccc2)C(=O)NC2CCCC2)S(C)(=O)=O)cc1. The van der Waals surface area contributed by atoms with Gasteiger partial charge < -0.3 is 15.0 Å². The quantitative estimate of drug-likeness (QED) is 0.323. The van der Waals surface area contributed by atoms with Crippen LogP contribution >= 0.6 is 11.6 Å². The molecule has 1 aliphatic carbocycles. The Kier molecular flexibility index (Phi) is 10.3. The molecular formula is C31H36ClN3O5S. The number of halogens is 1. The van der Waals surface area contributed by atoms with E-state index in [0.29, 0.717) is 16.5 Å². The van der Waals surface area contributed by atoms with Gasteiger partial charge in [0.15, 0.2) is 0 Å². The van der Waals surface area contributed by atoms with Crippen LogP contribution < -0.4 is 14.4 Å². The lowest BCUT2D eigenvalue weighted by Crippen LogP contribution is -2.54. The van der Waals surface area contributed by atoms with Crippen molar-refractivity contribution in [3.05, 3.63) is 95.0 Å². The summed E-state index contributed by atoms with van der Waals surface area (Å²) in [6.45, 7) is -0.400. The van der Waals surface area contributed by atoms with Crippen molar-refractivity contribution in [2.45, 2.75) is 50.7 Å². The second-order valence-corrected chi connectivity index (χ2v) is 12.7. The molecular weight excluding hydrogens is 562 g/mol. The Balaban J connectivity index is 1.71. The molecule has 10 heteroatoms. The van der Waals surface area contributed by atoms with Crippen LogP contribution in [-0.2, 0) is 32.6 Å². The summed E-state index contributed by atoms with van der Waals surface area (Å²) < 4.78 is 32.0. The minimum atomic E-state index is -3.85. The highest BCUT2D eigenvalue weighted by atomic mass is 35.5. The number of nitrogens with zero attached hydrogens (tertiary/aromatic N) is 2. The van der Waals surface area contributed by atoms with Gasteiger partial charge in [0.05, 0.1) is 19.1 Å². The van der Waals surface area contributed by atoms with Crippen molar-refractivity contribution in [2.75, 3.05) is 24.2 Å². The summed E-state index contributed by atoms with van der Waals surface area (Å²) in [6.07, 6.45) is 5.21. The van der Waals surface area contributed by atoms with Crippen LogP contribution in [0.3, 0.4) is 0 Å². The number of carbonyl (C=O) groups is 2. The summed E-state index contributed by atoms with van der Waals surface area (Å²) in [4.78, 5) is 29.5. The molecule has 0 spiro atoms. The molecule has 0 radical (unpaired) electrons. The second kappa shape index (κ2) is 13.9. The molecule has 41 heavy (non-hydrogen) atoms. The van der Waals surface area contributed by atoms with Gasteiger partial charge in [0.1, 0.15) is 18.3 Å². The Bertz CT molecular complexity index is 1430. The number of ether oxygens (including phenoxy) is 1. The van der Waals surface area contributed by atoms with Gasteiger partial charge in [-0.05, 0) is 60.4 Å². The summed E-state index contributed by atoms with van der Waals surface area (Å²) in [7, 11) is -2.33. The maximum absolute atomic E-state index is 14.1. The molecule has 3 aromatic rings. The number of methoxy groups -OCH3 is 1. The lowest BCUT2D eigenvalue weighted by Gasteiger charge is -2.34. The third-order valence-electron chi connectivity index (χ3n) is 7.25. The third kappa shape index (κ3) is 8.47. The predicted molar refractivity (Wildman–Crippen MR) is 162 cm³/mol. The van der Waals surface area contributed by atoms with Gasteiger partial charge in [0.25, 0.3) is 0 Å². The lowest BCUT2D eigenvalue weighted by molar-refractivity contribution is -0.140. The standard InChI is InChI=1S/C31H36ClN3O5S/c1-40-28-17-15-27(16-18-28)35(41(2,38)39)22-30(36)34(21-24-11-8-12-25(32)19-24)29(20-23-9-4-3-5-10-23)31(37)33-26-13-6-7-14-26/h3-5,8-12,15-19,26,29H,6-7,13-14,20-22H2,1-2H3,(H,33,37)/t29-/m0/s1. The average molecular weight is 598 g/mol. The monoisotopic (exact) mass is 597 g/mol. The van der Waals surface area contributed by atoms with Gasteiger partial charge in [-0.15, -0.1) is 0 Å². The number of carbonyl (C=O) groups excluding carboxylic acids is 2. The van der Waals surface area contributed by atoms with E-state index in [9.17, 15) is 18.0 Å². The van der Waals surface area contributed by atoms with Gasteiger partial charge in [-0.3, -0.25) is 13.9 Å². The van der Waals surface area contributed by atoms with Crippen LogP contribution in [0.1, 0.15) is 36.8 Å². The van der Waals surface area contributed by atoms with Gasteiger partial charge in [0, 0.05) is 24.0 Å². The Labute approximate surface area is 247 Å². The fraction of sp³-hybridized carbons (Fsp3) is 0.355. The molecule has 3 aromatic carbocycles. The van der Waals surface area contributed by atoms with E-state index in [0.717, 1.165) is 47.4 Å². The smallest absolute Gasteiger partial charge is 0.244 e. The molecule has 1 atom stereocenters. The minimum absolute atomic E-state index is 0.0516. The highest BCUT2D eigenvalue weighted by molar-refractivity contribution is 7.92. The van der Waals surface area contributed by atoms with E-state index in [1.165, 1.54) is 12.0 Å². The zero-order valence-corrected chi connectivity index (χ0v) is 24.9. The third-order valence-corrected chi connectivity index (χ3v) is 8.63. The predicted octanol–water partition coefficient (Wildman–Crippen LogP) is 4.81. The fourth-order valence-electron chi connectivity index (χ4n) is 5.12. The van der Waals surface area contributed by atoms with E-state index >= 15 is 0 Å². The summed E-state index contributed by atoms with van der Waals surface area (Å²) in [5.74, 6) is -0.206. The van der Waals surface area contributed by atoms with Gasteiger partial charge in [-0.2, -0.15) is 0 Å². The second-order valence-electron chi connectivity index (χ2n) is 10.3. The number of nitrogens with one attached hydrogen (secondary N) is 1. The highest BCUT2D eigenvalue weighted by Gasteiger charge is 2.34. The van der Waals surface area contributed by atoms with Crippen LogP contribution in [0, 0.1) is 0 Å². The summed E-state index contributed by atoms with van der Waals surface area (Å²) >= 11 is 6.26. The molecule has 0 aliphatic heterocycles. The molecule has 1 saturated carbocycles. The summed E-state index contributed by atoms with van der Waals surface area (Å²) in [5, 5.41) is 3.66. The first-order chi connectivity index (χ1) is 19.6. The van der Waals surface area contributed by atoms with E-state index < -0.39 is 28.5 Å². The molecule has 1 aliphatic rings. The van der Waals surface area contributed by atoms with Crippen LogP contribution in [0.25, 0.3) is 0 Å². The van der Waals surface area contributed by atoms with Crippen molar-refractivity contribution in [2.24, 2.45) is 0 Å². The van der Waals surface area contributed by atoms with E-state index in [1.807, 2.05) is 36.4 Å². The van der Waals surface area contributed by atoms with Crippen LogP contribution in [0.5, 0.6) is 5.75 Å². The molecule has 0 heterocycles. The molecule has 0 unspecified atom stereocenters. The van der Waals surface area contributed by atoms with E-state index in [-0.39, 0.29) is 24.9 Å². The van der Waals surface area contributed by atoms with Gasteiger partial charge >= 0.3 is 0 Å². The zero-order chi connectivity index (χ0) is 29.4. The molecule has 1 fully saturated rings. The molecule has 0 saturated heterocycles. The molecule has 4 rings (SSSR count). The number of benzene rings is 3. The normalized spacial score (nSPS) is 14.3. The summed E-state index contributed by atoms with van der Waals surface area (Å²) in [6, 6.07) is 22.2. The van der Waals surface area contributed by atoms with E-state index in [2.05, 4.69) is 5.32 Å². The van der Waals surface area contributed by atoms with E-state index in [4.69, 9.17) is 16.3 Å². The highest BCUT2D eigenvalue weighted by Crippen LogP contribution is 2.24. The number of sulfonamides is 1. The molecule has 1 N–H and O–H groups in total. The van der Waals surface area contributed by atoms with Gasteiger partial charge in [-0.25, -0.2) is 8.42 Å². The first-order valence-electron chi connectivity index (χ1n) is 13.6. The number of amides is 2. The topological polar surface area (TPSA) is 96.0 Å². The van der Waals surface area contributed by atoms with Crippen LogP contribution in [0.2, 0.25) is 5.02 Å². The molecule has 218 valence electrons. The number of hydrogen-bond acceptors (Lipinski definition) is 5. The Morgan fingerprint density at radius 3 is 2.24 bits per heavy atom. The van der Waals surface area contributed by atoms with Crippen molar-refractivity contribution in [1.82, 2.24) is 10.2 Å². The van der Waals surface area contributed by atoms with Crippen molar-refractivity contribution in [3.63, 3.8) is 0 Å². The zero-order valence-electron chi connectivity index (χ0n) is 23.3. The molecule has 0 aromatic heterocycles.